The topological polar surface area (TPSA) is 58.4 Å². The van der Waals surface area contributed by atoms with Crippen molar-refractivity contribution in [1.82, 2.24) is 10.2 Å². The summed E-state index contributed by atoms with van der Waals surface area (Å²) in [6, 6.07) is -0.346. The highest BCUT2D eigenvalue weighted by Crippen LogP contribution is 2.07. The Morgan fingerprint density at radius 1 is 1.26 bits per heavy atom. The predicted molar refractivity (Wildman–Crippen MR) is 85.2 cm³/mol. The van der Waals surface area contributed by atoms with Crippen LogP contribution in [0.1, 0.15) is 39.5 Å². The fourth-order valence-electron chi connectivity index (χ4n) is 2.27. The molecule has 4 nitrogen and oxygen atoms in total. The number of nitrogens with one attached hydrogen (secondary N) is 1. The van der Waals surface area contributed by atoms with Gasteiger partial charge < -0.3 is 16.0 Å². The summed E-state index contributed by atoms with van der Waals surface area (Å²) in [6.45, 7) is 8.46. The van der Waals surface area contributed by atoms with Crippen molar-refractivity contribution in [1.29, 1.82) is 0 Å². The molecule has 0 aromatic heterocycles. The lowest BCUT2D eigenvalue weighted by Gasteiger charge is -2.16. The first kappa shape index (κ1) is 21.3. The number of amides is 1. The molecule has 1 fully saturated rings. The van der Waals surface area contributed by atoms with E-state index < -0.39 is 0 Å². The van der Waals surface area contributed by atoms with Gasteiger partial charge in [0.15, 0.2) is 0 Å². The van der Waals surface area contributed by atoms with Crippen molar-refractivity contribution >= 4 is 30.7 Å². The van der Waals surface area contributed by atoms with Crippen molar-refractivity contribution in [2.75, 3.05) is 26.2 Å². The lowest BCUT2D eigenvalue weighted by atomic mass is 10.0. The van der Waals surface area contributed by atoms with Crippen molar-refractivity contribution in [2.45, 2.75) is 45.6 Å². The van der Waals surface area contributed by atoms with Crippen LogP contribution in [0.15, 0.2) is 0 Å². The van der Waals surface area contributed by atoms with E-state index in [0.717, 1.165) is 25.9 Å². The number of nitrogens with zero attached hydrogens (tertiary/aromatic N) is 1. The van der Waals surface area contributed by atoms with Gasteiger partial charge in [0.05, 0.1) is 6.04 Å². The molecule has 19 heavy (non-hydrogen) atoms. The van der Waals surface area contributed by atoms with Gasteiger partial charge in [-0.3, -0.25) is 4.79 Å². The molecule has 0 spiro atoms. The fourth-order valence-corrected chi connectivity index (χ4v) is 2.27. The quantitative estimate of drug-likeness (QED) is 0.705. The van der Waals surface area contributed by atoms with Crippen LogP contribution in [0.25, 0.3) is 0 Å². The summed E-state index contributed by atoms with van der Waals surface area (Å²) in [7, 11) is 0. The lowest BCUT2D eigenvalue weighted by molar-refractivity contribution is -0.122. The van der Waals surface area contributed by atoms with Gasteiger partial charge in [-0.05, 0) is 51.2 Å². The highest BCUT2D eigenvalue weighted by Gasteiger charge is 2.14. The number of likely N-dealkylation sites (tertiary alicyclic amines) is 1. The molecule has 0 aromatic rings. The van der Waals surface area contributed by atoms with Gasteiger partial charge in [0.1, 0.15) is 0 Å². The molecule has 0 saturated carbocycles. The van der Waals surface area contributed by atoms with E-state index in [1.807, 2.05) is 0 Å². The van der Waals surface area contributed by atoms with Crippen molar-refractivity contribution in [3.63, 3.8) is 0 Å². The Labute approximate surface area is 129 Å². The minimum absolute atomic E-state index is 0. The third-order valence-corrected chi connectivity index (χ3v) is 3.21. The van der Waals surface area contributed by atoms with Crippen molar-refractivity contribution in [2.24, 2.45) is 11.7 Å². The molecule has 6 heteroatoms. The van der Waals surface area contributed by atoms with Gasteiger partial charge in [-0.2, -0.15) is 0 Å². The fraction of sp³-hybridized carbons (Fsp3) is 0.923. The maximum atomic E-state index is 11.6. The van der Waals surface area contributed by atoms with Gasteiger partial charge >= 0.3 is 0 Å². The first-order chi connectivity index (χ1) is 8.09. The molecule has 116 valence electrons. The molecule has 0 radical (unpaired) electrons. The second-order valence-electron chi connectivity index (χ2n) is 5.43. The average molecular weight is 314 g/mol. The monoisotopic (exact) mass is 313 g/mol. The van der Waals surface area contributed by atoms with Crippen LogP contribution in [0, 0.1) is 5.92 Å². The van der Waals surface area contributed by atoms with Gasteiger partial charge in [0.2, 0.25) is 5.91 Å². The third-order valence-electron chi connectivity index (χ3n) is 3.21. The van der Waals surface area contributed by atoms with Crippen molar-refractivity contribution in [3.8, 4) is 0 Å². The molecular formula is C13H29Cl2N3O. The van der Waals surface area contributed by atoms with Gasteiger partial charge in [0.25, 0.3) is 0 Å². The van der Waals surface area contributed by atoms with Crippen LogP contribution in [0.2, 0.25) is 0 Å². The van der Waals surface area contributed by atoms with Crippen LogP contribution < -0.4 is 11.1 Å². The zero-order valence-corrected chi connectivity index (χ0v) is 13.7. The van der Waals surface area contributed by atoms with Crippen LogP contribution in [0.5, 0.6) is 0 Å². The van der Waals surface area contributed by atoms with Crippen LogP contribution in [-0.4, -0.2) is 43.0 Å². The van der Waals surface area contributed by atoms with E-state index in [1.54, 1.807) is 0 Å². The van der Waals surface area contributed by atoms with E-state index in [9.17, 15) is 4.79 Å². The normalized spacial score (nSPS) is 16.6. The zero-order chi connectivity index (χ0) is 12.7. The summed E-state index contributed by atoms with van der Waals surface area (Å²) >= 11 is 0. The number of carbonyl (C=O) groups excluding carboxylic acids is 1. The number of hydrogen-bond donors (Lipinski definition) is 2. The van der Waals surface area contributed by atoms with Crippen LogP contribution in [0.3, 0.4) is 0 Å². The third kappa shape index (κ3) is 9.50. The summed E-state index contributed by atoms with van der Waals surface area (Å²) in [5, 5.41) is 2.92. The molecule has 1 rings (SSSR count). The Bertz CT molecular complexity index is 234. The van der Waals surface area contributed by atoms with E-state index in [4.69, 9.17) is 5.73 Å². The van der Waals surface area contributed by atoms with Crippen LogP contribution >= 0.6 is 24.8 Å². The summed E-state index contributed by atoms with van der Waals surface area (Å²) in [4.78, 5) is 14.1. The number of rotatable bonds is 7. The Morgan fingerprint density at radius 3 is 2.37 bits per heavy atom. The first-order valence-electron chi connectivity index (χ1n) is 6.85. The molecule has 1 atom stereocenters. The number of halogens is 2. The van der Waals surface area contributed by atoms with Crippen LogP contribution in [0.4, 0.5) is 0 Å². The second-order valence-corrected chi connectivity index (χ2v) is 5.43. The van der Waals surface area contributed by atoms with E-state index in [2.05, 4.69) is 24.1 Å². The maximum Gasteiger partial charge on any atom is 0.236 e. The first-order valence-corrected chi connectivity index (χ1v) is 6.85. The Morgan fingerprint density at radius 2 is 1.84 bits per heavy atom. The van der Waals surface area contributed by atoms with Crippen molar-refractivity contribution in [3.05, 3.63) is 0 Å². The summed E-state index contributed by atoms with van der Waals surface area (Å²) in [6.07, 6.45) is 4.44. The highest BCUT2D eigenvalue weighted by atomic mass is 35.5. The highest BCUT2D eigenvalue weighted by molar-refractivity contribution is 5.85. The summed E-state index contributed by atoms with van der Waals surface area (Å²) in [5.41, 5.74) is 5.80. The minimum Gasteiger partial charge on any atom is -0.355 e. The van der Waals surface area contributed by atoms with Gasteiger partial charge in [0, 0.05) is 6.54 Å². The summed E-state index contributed by atoms with van der Waals surface area (Å²) in [5.74, 6) is 0.473. The minimum atomic E-state index is -0.346. The molecule has 1 aliphatic heterocycles. The molecule has 0 aliphatic carbocycles. The van der Waals surface area contributed by atoms with E-state index in [0.29, 0.717) is 5.92 Å². The van der Waals surface area contributed by atoms with Gasteiger partial charge in [-0.1, -0.05) is 13.8 Å². The SMILES string of the molecule is CC(C)C[C@H](N)C(=O)NCCCN1CCCC1.Cl.Cl. The maximum absolute atomic E-state index is 11.6. The smallest absolute Gasteiger partial charge is 0.236 e. The second kappa shape index (κ2) is 11.8. The molecule has 3 N–H and O–H groups in total. The molecule has 1 heterocycles. The lowest BCUT2D eigenvalue weighted by Crippen LogP contribution is -2.42. The Balaban J connectivity index is 0. The van der Waals surface area contributed by atoms with Gasteiger partial charge in [-0.25, -0.2) is 0 Å². The molecule has 1 aliphatic rings. The Hall–Kier alpha value is -0.0300. The standard InChI is InChI=1S/C13H27N3O.2ClH/c1-11(2)10-12(14)13(17)15-6-5-9-16-7-3-4-8-16;;/h11-12H,3-10,14H2,1-2H3,(H,15,17);2*1H/t12-;;/m0../s1. The Kier molecular flexibility index (Phi) is 13.2. The van der Waals surface area contributed by atoms with Crippen molar-refractivity contribution < 1.29 is 4.79 Å². The molecule has 0 bridgehead atoms. The molecular weight excluding hydrogens is 285 g/mol. The number of nitrogens with two attached hydrogens (primary N) is 1. The molecule has 0 aromatic carbocycles. The zero-order valence-electron chi connectivity index (χ0n) is 12.1. The summed E-state index contributed by atoms with van der Waals surface area (Å²) < 4.78 is 0. The van der Waals surface area contributed by atoms with Crippen LogP contribution in [-0.2, 0) is 4.79 Å². The van der Waals surface area contributed by atoms with E-state index >= 15 is 0 Å². The number of hydrogen-bond acceptors (Lipinski definition) is 3. The van der Waals surface area contributed by atoms with E-state index in [1.165, 1.54) is 25.9 Å². The molecule has 0 unspecified atom stereocenters. The van der Waals surface area contributed by atoms with Gasteiger partial charge in [-0.15, -0.1) is 24.8 Å². The van der Waals surface area contributed by atoms with E-state index in [-0.39, 0.29) is 36.8 Å². The molecule has 1 amide bonds. The largest absolute Gasteiger partial charge is 0.355 e. The average Bonchev–Trinajstić information content (AvgIpc) is 2.75. The molecule has 1 saturated heterocycles. The number of carbonyl (C=O) groups is 1. The predicted octanol–water partition coefficient (Wildman–Crippen LogP) is 1.81.